The SMILES string of the molecule is CCN1[C@H](C)CN(c2ccc3cc(-c4cn5cc(C)ncc5n4)c4c(c(=O)c3c2)[CH]4)C[C@@H]1C. The Morgan fingerprint density at radius 1 is 1.06 bits per heavy atom. The zero-order valence-electron chi connectivity index (χ0n) is 19.5. The van der Waals surface area contributed by atoms with Gasteiger partial charge in [-0.1, -0.05) is 13.0 Å². The number of imidazole rings is 1. The molecule has 6 nitrogen and oxygen atoms in total. The molecule has 0 saturated carbocycles. The van der Waals surface area contributed by atoms with Crippen molar-refractivity contribution in [2.24, 2.45) is 0 Å². The van der Waals surface area contributed by atoms with Gasteiger partial charge in [-0.3, -0.25) is 14.7 Å². The Hall–Kier alpha value is -3.25. The molecule has 2 atom stereocenters. The third-order valence-electron chi connectivity index (χ3n) is 7.19. The highest BCUT2D eigenvalue weighted by molar-refractivity contribution is 5.93. The molecule has 1 saturated heterocycles. The van der Waals surface area contributed by atoms with Gasteiger partial charge in [-0.15, -0.1) is 0 Å². The van der Waals surface area contributed by atoms with Crippen molar-refractivity contribution in [1.82, 2.24) is 19.3 Å². The number of likely N-dealkylation sites (N-methyl/N-ethyl adjacent to an activating group) is 1. The summed E-state index contributed by atoms with van der Waals surface area (Å²) in [6, 6.07) is 9.43. The number of nitrogens with zero attached hydrogens (tertiary/aromatic N) is 5. The molecule has 1 fully saturated rings. The average molecular weight is 439 g/mol. The number of fused-ring (bicyclic) bond motifs is 3. The summed E-state index contributed by atoms with van der Waals surface area (Å²) in [4.78, 5) is 27.4. The number of rotatable bonds is 3. The van der Waals surface area contributed by atoms with E-state index in [2.05, 4.69) is 59.8 Å². The molecule has 33 heavy (non-hydrogen) atoms. The molecule has 1 aliphatic heterocycles. The standard InChI is InChI=1S/C27H28N5O/c1-5-32-17(3)13-30(14-18(32)4)20-7-6-19-8-23(22-10-24(22)27(33)21(19)9-20)25-15-31-12-16(2)28-11-26(31)29-25/h6-12,15,17-18H,5,13-14H2,1-4H3/t17-,18+. The van der Waals surface area contributed by atoms with E-state index in [1.165, 1.54) is 0 Å². The minimum Gasteiger partial charge on any atom is -0.368 e. The molecule has 167 valence electrons. The van der Waals surface area contributed by atoms with Gasteiger partial charge in [0.15, 0.2) is 11.1 Å². The molecule has 0 N–H and O–H groups in total. The first kappa shape index (κ1) is 20.4. The second-order valence-corrected chi connectivity index (χ2v) is 9.48. The van der Waals surface area contributed by atoms with Gasteiger partial charge in [0.05, 0.1) is 17.6 Å². The van der Waals surface area contributed by atoms with E-state index >= 15 is 0 Å². The van der Waals surface area contributed by atoms with Gasteiger partial charge in [-0.2, -0.15) is 0 Å². The van der Waals surface area contributed by atoms with E-state index in [0.29, 0.717) is 12.1 Å². The number of benzene rings is 1. The maximum atomic E-state index is 13.3. The smallest absolute Gasteiger partial charge is 0.190 e. The van der Waals surface area contributed by atoms with Crippen LogP contribution in [-0.4, -0.2) is 51.0 Å². The van der Waals surface area contributed by atoms with Gasteiger partial charge in [0.25, 0.3) is 0 Å². The van der Waals surface area contributed by atoms with E-state index in [-0.39, 0.29) is 5.43 Å². The Morgan fingerprint density at radius 3 is 2.61 bits per heavy atom. The molecule has 2 aromatic heterocycles. The largest absolute Gasteiger partial charge is 0.368 e. The van der Waals surface area contributed by atoms with E-state index in [9.17, 15) is 4.79 Å². The molecule has 6 heteroatoms. The fraction of sp³-hybridized carbons (Fsp3) is 0.333. The first-order chi connectivity index (χ1) is 15.9. The van der Waals surface area contributed by atoms with Crippen molar-refractivity contribution in [3.63, 3.8) is 0 Å². The summed E-state index contributed by atoms with van der Waals surface area (Å²) >= 11 is 0. The van der Waals surface area contributed by atoms with Gasteiger partial charge in [-0.25, -0.2) is 4.98 Å². The Labute approximate surface area is 193 Å². The first-order valence-corrected chi connectivity index (χ1v) is 11.7. The van der Waals surface area contributed by atoms with Gasteiger partial charge >= 0.3 is 0 Å². The van der Waals surface area contributed by atoms with Crippen LogP contribution in [0.4, 0.5) is 5.69 Å². The maximum absolute atomic E-state index is 13.3. The topological polar surface area (TPSA) is 53.7 Å². The van der Waals surface area contributed by atoms with Crippen LogP contribution in [-0.2, 0) is 0 Å². The molecule has 2 aromatic carbocycles. The minimum atomic E-state index is 0.114. The predicted molar refractivity (Wildman–Crippen MR) is 133 cm³/mol. The molecule has 1 aliphatic carbocycles. The molecular formula is C27H28N5O. The second-order valence-electron chi connectivity index (χ2n) is 9.48. The lowest BCUT2D eigenvalue weighted by molar-refractivity contribution is 0.140. The van der Waals surface area contributed by atoms with Gasteiger partial charge < -0.3 is 9.30 Å². The van der Waals surface area contributed by atoms with Gasteiger partial charge in [-0.05, 0) is 56.5 Å². The van der Waals surface area contributed by atoms with Crippen LogP contribution in [0.25, 0.3) is 27.7 Å². The van der Waals surface area contributed by atoms with Crippen LogP contribution in [0.1, 0.15) is 37.6 Å². The van der Waals surface area contributed by atoms with Crippen molar-refractivity contribution in [3.05, 3.63) is 76.3 Å². The Balaban J connectivity index is 1.44. The number of piperazine rings is 1. The zero-order chi connectivity index (χ0) is 22.9. The van der Waals surface area contributed by atoms with Crippen LogP contribution in [0.5, 0.6) is 0 Å². The van der Waals surface area contributed by atoms with Crippen LogP contribution in [0, 0.1) is 13.3 Å². The molecule has 2 aliphatic rings. The van der Waals surface area contributed by atoms with Crippen molar-refractivity contribution in [2.45, 2.75) is 39.8 Å². The number of aromatic nitrogens is 3. The lowest BCUT2D eigenvalue weighted by Crippen LogP contribution is -2.56. The molecule has 0 spiro atoms. The Morgan fingerprint density at radius 2 is 1.85 bits per heavy atom. The van der Waals surface area contributed by atoms with E-state index in [4.69, 9.17) is 4.98 Å². The number of hydrogen-bond donors (Lipinski definition) is 0. The maximum Gasteiger partial charge on any atom is 0.190 e. The molecule has 1 radical (unpaired) electrons. The highest BCUT2D eigenvalue weighted by Crippen LogP contribution is 2.38. The lowest BCUT2D eigenvalue weighted by Gasteiger charge is -2.45. The monoisotopic (exact) mass is 438 g/mol. The fourth-order valence-corrected chi connectivity index (χ4v) is 5.49. The molecular weight excluding hydrogens is 410 g/mol. The van der Waals surface area contributed by atoms with Crippen molar-refractivity contribution >= 4 is 22.1 Å². The average Bonchev–Trinajstić information content (AvgIpc) is 3.49. The highest BCUT2D eigenvalue weighted by atomic mass is 16.1. The lowest BCUT2D eigenvalue weighted by atomic mass is 10.1. The van der Waals surface area contributed by atoms with E-state index in [1.54, 1.807) is 6.20 Å². The zero-order valence-corrected chi connectivity index (χ0v) is 19.5. The minimum absolute atomic E-state index is 0.114. The summed E-state index contributed by atoms with van der Waals surface area (Å²) in [5.74, 6) is 0. The van der Waals surface area contributed by atoms with Crippen molar-refractivity contribution in [1.29, 1.82) is 0 Å². The van der Waals surface area contributed by atoms with Gasteiger partial charge in [0, 0.05) is 66.2 Å². The summed E-state index contributed by atoms with van der Waals surface area (Å²) in [5.41, 5.74) is 6.67. The van der Waals surface area contributed by atoms with Crippen molar-refractivity contribution in [2.75, 3.05) is 24.5 Å². The molecule has 0 unspecified atom stereocenters. The Bertz CT molecular complexity index is 1460. The molecule has 4 aromatic rings. The third kappa shape index (κ3) is 3.32. The summed E-state index contributed by atoms with van der Waals surface area (Å²) in [6.07, 6.45) is 7.77. The van der Waals surface area contributed by atoms with Gasteiger partial charge in [0.1, 0.15) is 0 Å². The van der Waals surface area contributed by atoms with E-state index in [1.807, 2.05) is 30.1 Å². The second kappa shape index (κ2) is 7.39. The van der Waals surface area contributed by atoms with Crippen LogP contribution in [0.3, 0.4) is 0 Å². The summed E-state index contributed by atoms with van der Waals surface area (Å²) in [7, 11) is 0. The number of aryl methyl sites for hydroxylation is 1. The molecule has 6 rings (SSSR count). The van der Waals surface area contributed by atoms with Crippen LogP contribution < -0.4 is 10.3 Å². The van der Waals surface area contributed by atoms with E-state index < -0.39 is 0 Å². The number of anilines is 1. The van der Waals surface area contributed by atoms with Crippen LogP contribution in [0.15, 0.2) is 47.7 Å². The highest BCUT2D eigenvalue weighted by Gasteiger charge is 2.30. The quantitative estimate of drug-likeness (QED) is 0.425. The molecule has 0 amide bonds. The van der Waals surface area contributed by atoms with E-state index in [0.717, 1.165) is 69.8 Å². The summed E-state index contributed by atoms with van der Waals surface area (Å²) in [6.45, 7) is 11.8. The van der Waals surface area contributed by atoms with Crippen molar-refractivity contribution in [3.8, 4) is 11.3 Å². The summed E-state index contributed by atoms with van der Waals surface area (Å²) in [5, 5.41) is 1.74. The Kier molecular flexibility index (Phi) is 4.56. The predicted octanol–water partition coefficient (Wildman–Crippen LogP) is 4.05. The fourth-order valence-electron chi connectivity index (χ4n) is 5.49. The molecule has 3 heterocycles. The number of hydrogen-bond acceptors (Lipinski definition) is 5. The third-order valence-corrected chi connectivity index (χ3v) is 7.19. The van der Waals surface area contributed by atoms with Crippen LogP contribution in [0.2, 0.25) is 0 Å². The van der Waals surface area contributed by atoms with Gasteiger partial charge in [0.2, 0.25) is 0 Å². The van der Waals surface area contributed by atoms with Crippen LogP contribution >= 0.6 is 0 Å². The normalized spacial score (nSPS) is 20.4. The first-order valence-electron chi connectivity index (χ1n) is 11.7. The molecule has 0 bridgehead atoms. The van der Waals surface area contributed by atoms with Crippen molar-refractivity contribution < 1.29 is 0 Å². The summed E-state index contributed by atoms with van der Waals surface area (Å²) < 4.78 is 2.00.